The Morgan fingerprint density at radius 2 is 1.29 bits per heavy atom. The van der Waals surface area contributed by atoms with Gasteiger partial charge in [0.1, 0.15) is 0 Å². The first kappa shape index (κ1) is 24.4. The van der Waals surface area contributed by atoms with E-state index in [1.54, 1.807) is 6.92 Å². The van der Waals surface area contributed by atoms with E-state index in [1.807, 2.05) is 6.92 Å². The molecule has 0 fully saturated rings. The lowest BCUT2D eigenvalue weighted by Gasteiger charge is -2.11. The zero-order valence-corrected chi connectivity index (χ0v) is 18.0. The van der Waals surface area contributed by atoms with E-state index in [1.165, 1.54) is 64.7 Å². The maximum absolute atomic E-state index is 11.5. The summed E-state index contributed by atoms with van der Waals surface area (Å²) in [5.74, 6) is -1.10. The molecule has 1 rings (SSSR count). The number of carbonyl (C=O) groups excluding carboxylic acids is 3. The lowest BCUT2D eigenvalue weighted by Crippen LogP contribution is -2.11. The summed E-state index contributed by atoms with van der Waals surface area (Å²) < 4.78 is 9.73. The van der Waals surface area contributed by atoms with Crippen molar-refractivity contribution in [1.29, 1.82) is 0 Å². The predicted octanol–water partition coefficient (Wildman–Crippen LogP) is 5.80. The molecule has 0 aromatic heterocycles. The highest BCUT2D eigenvalue weighted by Gasteiger charge is 2.28. The number of ether oxygens (including phenoxy) is 2. The molecule has 0 saturated carbocycles. The van der Waals surface area contributed by atoms with Crippen molar-refractivity contribution in [3.05, 3.63) is 11.1 Å². The highest BCUT2D eigenvalue weighted by atomic mass is 16.6. The van der Waals surface area contributed by atoms with Crippen LogP contribution in [0.3, 0.4) is 0 Å². The highest BCUT2D eigenvalue weighted by molar-refractivity contribution is 6.11. The van der Waals surface area contributed by atoms with Crippen LogP contribution in [0.5, 0.6) is 0 Å². The quantitative estimate of drug-likeness (QED) is 0.188. The van der Waals surface area contributed by atoms with Gasteiger partial charge in [0.2, 0.25) is 0 Å². The molecule has 0 spiro atoms. The molecule has 0 aliphatic carbocycles. The molecule has 0 aromatic carbocycles. The SMILES string of the molecule is CC(=O)O[C@H](C)CCCCCCCCCCCCCCC1=C(C)C(=O)OC1=O. The second kappa shape index (κ2) is 14.4. The van der Waals surface area contributed by atoms with Gasteiger partial charge in [-0.25, -0.2) is 9.59 Å². The van der Waals surface area contributed by atoms with Gasteiger partial charge in [-0.1, -0.05) is 64.2 Å². The summed E-state index contributed by atoms with van der Waals surface area (Å²) in [6.07, 6.45) is 16.3. The Kier molecular flexibility index (Phi) is 12.5. The van der Waals surface area contributed by atoms with E-state index in [-0.39, 0.29) is 12.1 Å². The first-order valence-electron chi connectivity index (χ1n) is 11.0. The van der Waals surface area contributed by atoms with Gasteiger partial charge in [0.05, 0.1) is 6.10 Å². The zero-order chi connectivity index (χ0) is 20.8. The average molecular weight is 395 g/mol. The molecule has 1 heterocycles. The molecule has 0 unspecified atom stereocenters. The van der Waals surface area contributed by atoms with Crippen LogP contribution >= 0.6 is 0 Å². The molecule has 160 valence electrons. The van der Waals surface area contributed by atoms with Gasteiger partial charge in [-0.15, -0.1) is 0 Å². The van der Waals surface area contributed by atoms with E-state index in [4.69, 9.17) is 4.74 Å². The maximum atomic E-state index is 11.5. The fourth-order valence-corrected chi connectivity index (χ4v) is 3.63. The summed E-state index contributed by atoms with van der Waals surface area (Å²) >= 11 is 0. The largest absolute Gasteiger partial charge is 0.463 e. The van der Waals surface area contributed by atoms with Gasteiger partial charge in [0.25, 0.3) is 0 Å². The Labute approximate surface area is 170 Å². The fourth-order valence-electron chi connectivity index (χ4n) is 3.63. The van der Waals surface area contributed by atoms with Gasteiger partial charge >= 0.3 is 17.9 Å². The van der Waals surface area contributed by atoms with Crippen LogP contribution in [-0.2, 0) is 23.9 Å². The molecule has 0 aromatic rings. The number of rotatable bonds is 16. The van der Waals surface area contributed by atoms with E-state index in [9.17, 15) is 14.4 Å². The second-order valence-corrected chi connectivity index (χ2v) is 7.98. The van der Waals surface area contributed by atoms with Crippen LogP contribution in [0.25, 0.3) is 0 Å². The highest BCUT2D eigenvalue weighted by Crippen LogP contribution is 2.22. The van der Waals surface area contributed by atoms with Crippen molar-refractivity contribution >= 4 is 17.9 Å². The summed E-state index contributed by atoms with van der Waals surface area (Å²) in [5.41, 5.74) is 1.06. The van der Waals surface area contributed by atoms with Gasteiger partial charge in [0, 0.05) is 18.1 Å². The number of unbranched alkanes of at least 4 members (excludes halogenated alkanes) is 11. The van der Waals surface area contributed by atoms with Crippen molar-refractivity contribution in [2.45, 2.75) is 117 Å². The third-order valence-electron chi connectivity index (χ3n) is 5.35. The van der Waals surface area contributed by atoms with Crippen molar-refractivity contribution in [3.63, 3.8) is 0 Å². The average Bonchev–Trinajstić information content (AvgIpc) is 2.87. The Bertz CT molecular complexity index is 535. The van der Waals surface area contributed by atoms with E-state index >= 15 is 0 Å². The predicted molar refractivity (Wildman–Crippen MR) is 110 cm³/mol. The molecule has 5 nitrogen and oxygen atoms in total. The molecule has 0 radical (unpaired) electrons. The van der Waals surface area contributed by atoms with Crippen LogP contribution in [0.15, 0.2) is 11.1 Å². The number of hydrogen-bond donors (Lipinski definition) is 0. The Morgan fingerprint density at radius 1 is 0.821 bits per heavy atom. The normalized spacial score (nSPS) is 15.1. The van der Waals surface area contributed by atoms with Crippen molar-refractivity contribution < 1.29 is 23.9 Å². The molecule has 0 saturated heterocycles. The van der Waals surface area contributed by atoms with Crippen LogP contribution < -0.4 is 0 Å². The van der Waals surface area contributed by atoms with Crippen molar-refractivity contribution in [2.75, 3.05) is 0 Å². The molecule has 0 amide bonds. The standard InChI is InChI=1S/C23H38O5/c1-18(27-20(3)24)16-14-12-10-8-6-4-5-7-9-11-13-15-17-21-19(2)22(25)28-23(21)26/h18H,4-17H2,1-3H3/t18-/m1/s1. The van der Waals surface area contributed by atoms with Gasteiger partial charge in [-0.2, -0.15) is 0 Å². The van der Waals surface area contributed by atoms with Crippen molar-refractivity contribution in [2.24, 2.45) is 0 Å². The van der Waals surface area contributed by atoms with Crippen LogP contribution in [0.2, 0.25) is 0 Å². The summed E-state index contributed by atoms with van der Waals surface area (Å²) in [7, 11) is 0. The minimum atomic E-state index is -0.475. The van der Waals surface area contributed by atoms with Crippen LogP contribution in [0.4, 0.5) is 0 Å². The smallest absolute Gasteiger partial charge is 0.342 e. The third-order valence-corrected chi connectivity index (χ3v) is 5.35. The lowest BCUT2D eigenvalue weighted by atomic mass is 10.0. The number of hydrogen-bond acceptors (Lipinski definition) is 5. The second-order valence-electron chi connectivity index (χ2n) is 7.98. The minimum absolute atomic E-state index is 0.0488. The third kappa shape index (κ3) is 10.6. The van der Waals surface area contributed by atoms with Crippen LogP contribution in [-0.4, -0.2) is 24.0 Å². The van der Waals surface area contributed by atoms with Gasteiger partial charge < -0.3 is 9.47 Å². The van der Waals surface area contributed by atoms with Gasteiger partial charge in [-0.05, 0) is 39.5 Å². The molecular formula is C23H38O5. The van der Waals surface area contributed by atoms with Crippen molar-refractivity contribution in [1.82, 2.24) is 0 Å². The molecule has 5 heteroatoms. The zero-order valence-electron chi connectivity index (χ0n) is 18.0. The van der Waals surface area contributed by atoms with Gasteiger partial charge in [0.15, 0.2) is 0 Å². The van der Waals surface area contributed by atoms with E-state index in [0.29, 0.717) is 17.6 Å². The first-order chi connectivity index (χ1) is 13.4. The number of carbonyl (C=O) groups is 3. The first-order valence-corrected chi connectivity index (χ1v) is 11.0. The molecule has 28 heavy (non-hydrogen) atoms. The molecule has 1 aliphatic heterocycles. The van der Waals surface area contributed by atoms with Crippen molar-refractivity contribution in [3.8, 4) is 0 Å². The number of esters is 3. The molecule has 1 aliphatic rings. The summed E-state index contributed by atoms with van der Waals surface area (Å²) in [6.45, 7) is 5.10. The Balaban J connectivity index is 1.83. The summed E-state index contributed by atoms with van der Waals surface area (Å²) in [4.78, 5) is 33.6. The Morgan fingerprint density at radius 3 is 1.71 bits per heavy atom. The monoisotopic (exact) mass is 394 g/mol. The minimum Gasteiger partial charge on any atom is -0.463 e. The summed E-state index contributed by atoms with van der Waals surface area (Å²) in [6, 6.07) is 0. The fraction of sp³-hybridized carbons (Fsp3) is 0.783. The lowest BCUT2D eigenvalue weighted by molar-refractivity contribution is -0.151. The van der Waals surface area contributed by atoms with E-state index in [2.05, 4.69) is 4.74 Å². The molecule has 0 N–H and O–H groups in total. The van der Waals surface area contributed by atoms with E-state index in [0.717, 1.165) is 25.7 Å². The molecule has 0 bridgehead atoms. The van der Waals surface area contributed by atoms with Crippen LogP contribution in [0.1, 0.15) is 111 Å². The Hall–Kier alpha value is -1.65. The maximum Gasteiger partial charge on any atom is 0.342 e. The van der Waals surface area contributed by atoms with Crippen LogP contribution in [0, 0.1) is 0 Å². The number of cyclic esters (lactones) is 2. The van der Waals surface area contributed by atoms with Gasteiger partial charge in [-0.3, -0.25) is 4.79 Å². The summed E-state index contributed by atoms with van der Waals surface area (Å²) in [5, 5.41) is 0. The molecule has 1 atom stereocenters. The topological polar surface area (TPSA) is 69.7 Å². The molecular weight excluding hydrogens is 356 g/mol. The van der Waals surface area contributed by atoms with E-state index < -0.39 is 11.9 Å².